The number of halogens is 4. The van der Waals surface area contributed by atoms with Gasteiger partial charge in [0.2, 0.25) is 0 Å². The molecule has 0 aliphatic carbocycles. The summed E-state index contributed by atoms with van der Waals surface area (Å²) >= 11 is 1.97. The van der Waals surface area contributed by atoms with E-state index in [1.165, 1.54) is 4.55 Å². The Hall–Kier alpha value is 2.75. The first-order chi connectivity index (χ1) is 1.41. The van der Waals surface area contributed by atoms with Crippen LogP contribution in [-0.2, 0) is 0 Å². The van der Waals surface area contributed by atoms with E-state index in [-0.39, 0.29) is 76.3 Å². The van der Waals surface area contributed by atoms with E-state index in [2.05, 4.69) is 6.92 Å². The van der Waals surface area contributed by atoms with Gasteiger partial charge in [-0.25, -0.2) is 0 Å². The van der Waals surface area contributed by atoms with Gasteiger partial charge in [-0.05, 0) is 0 Å². The van der Waals surface area contributed by atoms with Crippen LogP contribution in [0.15, 0.2) is 0 Å². The number of rotatable bonds is 0. The van der Waals surface area contributed by atoms with E-state index in [1.54, 1.807) is 0 Å². The third-order valence-corrected chi connectivity index (χ3v) is 0. The minimum Gasteiger partial charge on any atom is -1.00 e. The number of hydrogen-bond donors (Lipinski definition) is 0. The third-order valence-electron chi connectivity index (χ3n) is 0. The molecule has 0 aliphatic heterocycles. The monoisotopic (exact) mass is 380 g/mol. The van der Waals surface area contributed by atoms with E-state index in [0.717, 1.165) is 0 Å². The van der Waals surface area contributed by atoms with Crippen LogP contribution < -0.4 is 67.9 Å². The van der Waals surface area contributed by atoms with Crippen molar-refractivity contribution >= 4 is 30.1 Å². The van der Waals surface area contributed by atoms with Crippen LogP contribution in [0.5, 0.6) is 0 Å². The van der Waals surface area contributed by atoms with Crippen molar-refractivity contribution in [1.82, 2.24) is 0 Å². The summed E-state index contributed by atoms with van der Waals surface area (Å²) in [4.78, 5) is 0. The van der Waals surface area contributed by atoms with Gasteiger partial charge < -0.3 is 67.9 Å². The smallest absolute Gasteiger partial charge is 1.00 e. The Morgan fingerprint density at radius 1 is 1.00 bits per heavy atom. The molecule has 0 aromatic rings. The summed E-state index contributed by atoms with van der Waals surface area (Å²) in [6.45, 7) is 2.14. The standard InChI is InChI=1S/C2H5.B.4BrH.Mg/c1-2;;;;;;/h1H2,2H3;;4*1H;/q;+3;;;;;+1/p-4. The molecule has 0 spiro atoms. The van der Waals surface area contributed by atoms with Gasteiger partial charge in [0.1, 0.15) is 0 Å². The molecule has 0 radical (unpaired) electrons. The van der Waals surface area contributed by atoms with Crippen LogP contribution in [0.25, 0.3) is 0 Å². The van der Waals surface area contributed by atoms with Crippen molar-refractivity contribution < 1.29 is 67.9 Å². The summed E-state index contributed by atoms with van der Waals surface area (Å²) in [5, 5.41) is 0. The van der Waals surface area contributed by atoms with Gasteiger partial charge in [0, 0.05) is 0 Å². The Balaban J connectivity index is -0.00000000200. The van der Waals surface area contributed by atoms with Crippen molar-refractivity contribution in [2.75, 3.05) is 0 Å². The minimum atomic E-state index is 0. The molecule has 0 rings (SSSR count). The zero-order valence-corrected chi connectivity index (χ0v) is 12.3. The third kappa shape index (κ3) is 69.5. The van der Waals surface area contributed by atoms with Gasteiger partial charge in [-0.2, -0.15) is 0 Å². The quantitative estimate of drug-likeness (QED) is 0.365. The summed E-state index contributed by atoms with van der Waals surface area (Å²) in [6.07, 6.45) is 0. The van der Waals surface area contributed by atoms with E-state index in [9.17, 15) is 0 Å². The van der Waals surface area contributed by atoms with Crippen molar-refractivity contribution in [1.29, 1.82) is 0 Å². The fourth-order valence-electron chi connectivity index (χ4n) is 0. The van der Waals surface area contributed by atoms with Crippen LogP contribution in [0.2, 0.25) is 4.55 Å². The first kappa shape index (κ1) is 45.3. The molecular weight excluding hydrogens is 379 g/mol. The molecule has 46 valence electrons. The fourth-order valence-corrected chi connectivity index (χ4v) is 0. The molecule has 0 unspecified atom stereocenters. The van der Waals surface area contributed by atoms with Gasteiger partial charge in [0.15, 0.2) is 0 Å². The predicted molar refractivity (Wildman–Crippen MR) is 22.0 cm³/mol. The summed E-state index contributed by atoms with van der Waals surface area (Å²) in [7, 11) is 0. The molecule has 0 N–H and O–H groups in total. The molecule has 0 bridgehead atoms. The van der Waals surface area contributed by atoms with Crippen LogP contribution in [0.3, 0.4) is 0 Å². The van der Waals surface area contributed by atoms with Gasteiger partial charge in [-0.1, -0.05) is 0 Å². The van der Waals surface area contributed by atoms with Crippen LogP contribution in [-0.4, -0.2) is 30.1 Å². The van der Waals surface area contributed by atoms with E-state index >= 15 is 0 Å². The number of hydrogen-bond acceptors (Lipinski definition) is 0. The molecule has 0 aromatic carbocycles. The average molecular weight is 384 g/mol. The topological polar surface area (TPSA) is 0 Å². The van der Waals surface area contributed by atoms with Crippen molar-refractivity contribution in [2.24, 2.45) is 0 Å². The SMILES string of the molecule is C[CH2][Mg+].[B+3].[Br-].[Br-].[Br-].[Br-]. The largest absolute Gasteiger partial charge is 3.00 e. The normalized spacial score (nSPS) is 2.38. The maximum absolute atomic E-state index is 2.14. The van der Waals surface area contributed by atoms with Crippen molar-refractivity contribution in [3.63, 3.8) is 0 Å². The zero-order chi connectivity index (χ0) is 2.71. The Bertz CT molecular complexity index is 14.0. The Kier molecular flexibility index (Phi) is 300. The van der Waals surface area contributed by atoms with Gasteiger partial charge in [0.25, 0.3) is 0 Å². The van der Waals surface area contributed by atoms with Crippen molar-refractivity contribution in [3.05, 3.63) is 0 Å². The first-order valence-electron chi connectivity index (χ1n) is 1.21. The van der Waals surface area contributed by atoms with Gasteiger partial charge in [-0.15, -0.1) is 0 Å². The molecule has 6 heteroatoms. The second-order valence-corrected chi connectivity index (χ2v) is 1.50. The average Bonchev–Trinajstić information content (AvgIpc) is 0.918. The van der Waals surface area contributed by atoms with Crippen LogP contribution >= 0.6 is 0 Å². The molecule has 0 saturated heterocycles. The van der Waals surface area contributed by atoms with Crippen LogP contribution in [0.1, 0.15) is 6.92 Å². The maximum atomic E-state index is 2.14. The van der Waals surface area contributed by atoms with Crippen LogP contribution in [0.4, 0.5) is 0 Å². The molecule has 0 heterocycles. The van der Waals surface area contributed by atoms with Crippen molar-refractivity contribution in [2.45, 2.75) is 11.5 Å². The van der Waals surface area contributed by atoms with Gasteiger partial charge in [-0.3, -0.25) is 0 Å². The Morgan fingerprint density at radius 3 is 1.00 bits per heavy atom. The molecular formula is C2H5BBr4Mg. The minimum absolute atomic E-state index is 0. The first-order valence-corrected chi connectivity index (χ1v) is 2.21. The summed E-state index contributed by atoms with van der Waals surface area (Å²) in [5.41, 5.74) is 0. The van der Waals surface area contributed by atoms with E-state index in [1.807, 2.05) is 21.7 Å². The maximum Gasteiger partial charge on any atom is 3.00 e. The molecule has 8 heavy (non-hydrogen) atoms. The fraction of sp³-hybridized carbons (Fsp3) is 1.00. The molecule has 0 amide bonds. The van der Waals surface area contributed by atoms with E-state index in [0.29, 0.717) is 0 Å². The molecule has 0 saturated carbocycles. The molecule has 0 nitrogen and oxygen atoms in total. The molecule has 0 aromatic heterocycles. The second kappa shape index (κ2) is 53.1. The molecule has 0 fully saturated rings. The molecule has 0 atom stereocenters. The Labute approximate surface area is 108 Å². The van der Waals surface area contributed by atoms with Gasteiger partial charge in [0.05, 0.1) is 0 Å². The predicted octanol–water partition coefficient (Wildman–Crippen LogP) is -11.8. The Morgan fingerprint density at radius 2 is 1.00 bits per heavy atom. The van der Waals surface area contributed by atoms with Gasteiger partial charge >= 0.3 is 41.6 Å². The van der Waals surface area contributed by atoms with E-state index < -0.39 is 0 Å². The molecule has 0 aliphatic rings. The van der Waals surface area contributed by atoms with Crippen LogP contribution in [0, 0.1) is 0 Å². The second-order valence-electron chi connectivity index (χ2n) is 0.500. The summed E-state index contributed by atoms with van der Waals surface area (Å²) < 4.78 is 1.28. The van der Waals surface area contributed by atoms with E-state index in [4.69, 9.17) is 0 Å². The zero-order valence-electron chi connectivity index (χ0n) is 4.50. The summed E-state index contributed by atoms with van der Waals surface area (Å²) in [5.74, 6) is 0. The van der Waals surface area contributed by atoms with Crippen molar-refractivity contribution in [3.8, 4) is 0 Å². The summed E-state index contributed by atoms with van der Waals surface area (Å²) in [6, 6.07) is 0.